The molecule has 0 atom stereocenters. The van der Waals surface area contributed by atoms with E-state index in [4.69, 9.17) is 0 Å². The number of amides is 1. The molecule has 1 saturated heterocycles. The predicted octanol–water partition coefficient (Wildman–Crippen LogP) is 0.684. The maximum atomic E-state index is 10.5. The van der Waals surface area contributed by atoms with Crippen molar-refractivity contribution >= 4 is 6.41 Å². The largest absolute Gasteiger partial charge is 0.317 e. The number of carbonyl (C=O) groups excluding carboxylic acids is 1. The Morgan fingerprint density at radius 1 is 1.58 bits per heavy atom. The summed E-state index contributed by atoms with van der Waals surface area (Å²) in [6.07, 6.45) is 2.03. The molecular weight excluding hydrogens is 152 g/mol. The van der Waals surface area contributed by atoms with Crippen molar-refractivity contribution < 1.29 is 4.79 Å². The van der Waals surface area contributed by atoms with Gasteiger partial charge in [0.05, 0.1) is 0 Å². The van der Waals surface area contributed by atoms with E-state index in [1.807, 2.05) is 0 Å². The van der Waals surface area contributed by atoms with Crippen LogP contribution in [-0.2, 0) is 4.79 Å². The summed E-state index contributed by atoms with van der Waals surface area (Å²) >= 11 is 0. The highest BCUT2D eigenvalue weighted by Gasteiger charge is 2.17. The first-order chi connectivity index (χ1) is 5.77. The SMILES string of the molecule is C=C1CN(CCC)CCN1C=O. The van der Waals surface area contributed by atoms with E-state index in [0.717, 1.165) is 44.7 Å². The second-order valence-electron chi connectivity index (χ2n) is 3.14. The van der Waals surface area contributed by atoms with Gasteiger partial charge >= 0.3 is 0 Å². The van der Waals surface area contributed by atoms with Crippen LogP contribution in [0.15, 0.2) is 12.3 Å². The standard InChI is InChI=1S/C9H16N2O/c1-3-4-10-5-6-11(8-12)9(2)7-10/h8H,2-7H2,1H3. The molecule has 0 radical (unpaired) electrons. The zero-order chi connectivity index (χ0) is 8.97. The molecule has 0 spiro atoms. The third-order valence-electron chi connectivity index (χ3n) is 2.14. The van der Waals surface area contributed by atoms with Crippen LogP contribution in [0.25, 0.3) is 0 Å². The zero-order valence-electron chi connectivity index (χ0n) is 7.62. The van der Waals surface area contributed by atoms with E-state index >= 15 is 0 Å². The molecule has 0 N–H and O–H groups in total. The molecule has 0 aromatic heterocycles. The van der Waals surface area contributed by atoms with E-state index in [0.29, 0.717) is 0 Å². The van der Waals surface area contributed by atoms with Gasteiger partial charge in [-0.05, 0) is 13.0 Å². The number of hydrogen-bond acceptors (Lipinski definition) is 2. The molecule has 0 aromatic rings. The summed E-state index contributed by atoms with van der Waals surface area (Å²) in [6, 6.07) is 0. The van der Waals surface area contributed by atoms with Crippen LogP contribution in [0, 0.1) is 0 Å². The van der Waals surface area contributed by atoms with E-state index < -0.39 is 0 Å². The number of hydrogen-bond donors (Lipinski definition) is 0. The van der Waals surface area contributed by atoms with Crippen molar-refractivity contribution in [3.05, 3.63) is 12.3 Å². The molecule has 1 aliphatic heterocycles. The fourth-order valence-corrected chi connectivity index (χ4v) is 1.47. The van der Waals surface area contributed by atoms with Crippen LogP contribution in [0.5, 0.6) is 0 Å². The normalized spacial score (nSPS) is 19.8. The first-order valence-corrected chi connectivity index (χ1v) is 4.40. The molecule has 12 heavy (non-hydrogen) atoms. The lowest BCUT2D eigenvalue weighted by molar-refractivity contribution is -0.117. The lowest BCUT2D eigenvalue weighted by Crippen LogP contribution is -2.43. The monoisotopic (exact) mass is 168 g/mol. The number of nitrogens with zero attached hydrogens (tertiary/aromatic N) is 2. The molecule has 1 amide bonds. The van der Waals surface area contributed by atoms with E-state index in [1.165, 1.54) is 0 Å². The average Bonchev–Trinajstić information content (AvgIpc) is 2.05. The van der Waals surface area contributed by atoms with Gasteiger partial charge in [-0.3, -0.25) is 9.69 Å². The highest BCUT2D eigenvalue weighted by atomic mass is 16.1. The molecule has 0 bridgehead atoms. The van der Waals surface area contributed by atoms with Crippen molar-refractivity contribution in [2.75, 3.05) is 26.2 Å². The van der Waals surface area contributed by atoms with Crippen molar-refractivity contribution in [3.8, 4) is 0 Å². The minimum absolute atomic E-state index is 0.794. The first kappa shape index (κ1) is 9.26. The average molecular weight is 168 g/mol. The van der Waals surface area contributed by atoms with Crippen LogP contribution in [0.3, 0.4) is 0 Å². The number of carbonyl (C=O) groups is 1. The van der Waals surface area contributed by atoms with Crippen LogP contribution < -0.4 is 0 Å². The fraction of sp³-hybridized carbons (Fsp3) is 0.667. The maximum absolute atomic E-state index is 10.5. The fourth-order valence-electron chi connectivity index (χ4n) is 1.47. The van der Waals surface area contributed by atoms with E-state index in [1.54, 1.807) is 4.90 Å². The van der Waals surface area contributed by atoms with Crippen molar-refractivity contribution in [1.82, 2.24) is 9.80 Å². The summed E-state index contributed by atoms with van der Waals surface area (Å²) in [5.41, 5.74) is 0.921. The summed E-state index contributed by atoms with van der Waals surface area (Å²) < 4.78 is 0. The molecule has 3 heteroatoms. The van der Waals surface area contributed by atoms with Gasteiger partial charge in [0.15, 0.2) is 0 Å². The van der Waals surface area contributed by atoms with Crippen LogP contribution in [0.1, 0.15) is 13.3 Å². The lowest BCUT2D eigenvalue weighted by atomic mass is 10.2. The topological polar surface area (TPSA) is 23.6 Å². The Morgan fingerprint density at radius 2 is 2.33 bits per heavy atom. The summed E-state index contributed by atoms with van der Waals surface area (Å²) in [6.45, 7) is 9.73. The number of rotatable bonds is 3. The molecule has 68 valence electrons. The van der Waals surface area contributed by atoms with Gasteiger partial charge in [-0.2, -0.15) is 0 Å². The minimum Gasteiger partial charge on any atom is -0.317 e. The Balaban J connectivity index is 2.40. The van der Waals surface area contributed by atoms with Gasteiger partial charge in [-0.1, -0.05) is 13.5 Å². The quantitative estimate of drug-likeness (QED) is 0.579. The number of piperazine rings is 1. The Morgan fingerprint density at radius 3 is 2.83 bits per heavy atom. The first-order valence-electron chi connectivity index (χ1n) is 4.40. The van der Waals surface area contributed by atoms with Gasteiger partial charge in [0, 0.05) is 25.3 Å². The molecular formula is C9H16N2O. The van der Waals surface area contributed by atoms with E-state index in [-0.39, 0.29) is 0 Å². The Labute approximate surface area is 73.6 Å². The Bertz CT molecular complexity index is 179. The van der Waals surface area contributed by atoms with Crippen molar-refractivity contribution in [1.29, 1.82) is 0 Å². The third-order valence-corrected chi connectivity index (χ3v) is 2.14. The van der Waals surface area contributed by atoms with Gasteiger partial charge in [-0.15, -0.1) is 0 Å². The maximum Gasteiger partial charge on any atom is 0.213 e. The summed E-state index contributed by atoms with van der Waals surface area (Å²) in [4.78, 5) is 14.5. The molecule has 1 rings (SSSR count). The third kappa shape index (κ3) is 2.08. The molecule has 1 aliphatic rings. The van der Waals surface area contributed by atoms with Crippen molar-refractivity contribution in [3.63, 3.8) is 0 Å². The summed E-state index contributed by atoms with van der Waals surface area (Å²) in [5, 5.41) is 0. The van der Waals surface area contributed by atoms with E-state index in [9.17, 15) is 4.79 Å². The van der Waals surface area contributed by atoms with Crippen molar-refractivity contribution in [2.45, 2.75) is 13.3 Å². The predicted molar refractivity (Wildman–Crippen MR) is 48.6 cm³/mol. The van der Waals surface area contributed by atoms with Gasteiger partial charge in [0.25, 0.3) is 0 Å². The summed E-state index contributed by atoms with van der Waals surface area (Å²) in [5.74, 6) is 0. The minimum atomic E-state index is 0.794. The molecule has 0 unspecified atom stereocenters. The molecule has 0 aromatic carbocycles. The highest BCUT2D eigenvalue weighted by Crippen LogP contribution is 2.08. The molecule has 0 aliphatic carbocycles. The zero-order valence-corrected chi connectivity index (χ0v) is 7.62. The molecule has 0 saturated carbocycles. The van der Waals surface area contributed by atoms with Crippen molar-refractivity contribution in [2.24, 2.45) is 0 Å². The van der Waals surface area contributed by atoms with Gasteiger partial charge in [0.1, 0.15) is 0 Å². The van der Waals surface area contributed by atoms with Crippen LogP contribution in [0.2, 0.25) is 0 Å². The van der Waals surface area contributed by atoms with E-state index in [2.05, 4.69) is 18.4 Å². The van der Waals surface area contributed by atoms with Crippen LogP contribution in [-0.4, -0.2) is 42.4 Å². The Hall–Kier alpha value is -0.830. The van der Waals surface area contributed by atoms with Gasteiger partial charge in [-0.25, -0.2) is 0 Å². The van der Waals surface area contributed by atoms with Crippen LogP contribution >= 0.6 is 0 Å². The second kappa shape index (κ2) is 4.26. The highest BCUT2D eigenvalue weighted by molar-refractivity contribution is 5.51. The summed E-state index contributed by atoms with van der Waals surface area (Å²) in [7, 11) is 0. The van der Waals surface area contributed by atoms with Gasteiger partial charge < -0.3 is 4.90 Å². The second-order valence-corrected chi connectivity index (χ2v) is 3.14. The van der Waals surface area contributed by atoms with Crippen LogP contribution in [0.4, 0.5) is 0 Å². The lowest BCUT2D eigenvalue weighted by Gasteiger charge is -2.33. The molecule has 3 nitrogen and oxygen atoms in total. The smallest absolute Gasteiger partial charge is 0.213 e. The van der Waals surface area contributed by atoms with Gasteiger partial charge in [0.2, 0.25) is 6.41 Å². The molecule has 1 heterocycles. The molecule has 1 fully saturated rings. The Kier molecular flexibility index (Phi) is 3.29.